The summed E-state index contributed by atoms with van der Waals surface area (Å²) in [6.07, 6.45) is 0. The largest absolute Gasteiger partial charge is 0.339 e. The Balaban J connectivity index is 2.19. The standard InChI is InChI=1S/C11H13N3O3S/c1-9-7-14(11(15)13-12-9)8-18(16,17)10-5-3-2-4-6-10/h2-6H,7-8H2,1H3,(H,13,15). The molecule has 1 aliphatic rings. The first-order valence-corrected chi connectivity index (χ1v) is 7.00. The summed E-state index contributed by atoms with van der Waals surface area (Å²) in [5, 5.41) is 3.74. The van der Waals surface area contributed by atoms with Gasteiger partial charge in [0.25, 0.3) is 0 Å². The summed E-state index contributed by atoms with van der Waals surface area (Å²) in [5.74, 6) is -0.351. The van der Waals surface area contributed by atoms with Gasteiger partial charge in [-0.1, -0.05) is 18.2 Å². The summed E-state index contributed by atoms with van der Waals surface area (Å²) < 4.78 is 24.2. The molecular formula is C11H13N3O3S. The quantitative estimate of drug-likeness (QED) is 0.880. The Morgan fingerprint density at radius 3 is 2.67 bits per heavy atom. The van der Waals surface area contributed by atoms with Crippen molar-refractivity contribution < 1.29 is 13.2 Å². The Morgan fingerprint density at radius 2 is 2.00 bits per heavy atom. The summed E-state index contributed by atoms with van der Waals surface area (Å²) in [6.45, 7) is 1.94. The summed E-state index contributed by atoms with van der Waals surface area (Å²) in [7, 11) is -3.51. The maximum Gasteiger partial charge on any atom is 0.339 e. The van der Waals surface area contributed by atoms with E-state index in [-0.39, 0.29) is 17.3 Å². The molecule has 0 spiro atoms. The molecule has 1 aliphatic heterocycles. The molecule has 0 unspecified atom stereocenters. The van der Waals surface area contributed by atoms with Gasteiger partial charge in [0.2, 0.25) is 0 Å². The number of urea groups is 1. The van der Waals surface area contributed by atoms with Crippen molar-refractivity contribution >= 4 is 21.6 Å². The van der Waals surface area contributed by atoms with E-state index in [1.54, 1.807) is 25.1 Å². The van der Waals surface area contributed by atoms with Crippen LogP contribution >= 0.6 is 0 Å². The van der Waals surface area contributed by atoms with Gasteiger partial charge in [-0.2, -0.15) is 5.10 Å². The number of rotatable bonds is 3. The molecule has 2 rings (SSSR count). The van der Waals surface area contributed by atoms with Crippen LogP contribution in [0.4, 0.5) is 4.79 Å². The van der Waals surface area contributed by atoms with Crippen LogP contribution in [0, 0.1) is 0 Å². The van der Waals surface area contributed by atoms with Gasteiger partial charge in [0.15, 0.2) is 9.84 Å². The summed E-state index contributed by atoms with van der Waals surface area (Å²) in [4.78, 5) is 12.9. The highest BCUT2D eigenvalue weighted by Gasteiger charge is 2.25. The fraction of sp³-hybridized carbons (Fsp3) is 0.273. The predicted octanol–water partition coefficient (Wildman–Crippen LogP) is 0.819. The molecule has 18 heavy (non-hydrogen) atoms. The van der Waals surface area contributed by atoms with Gasteiger partial charge in [-0.05, 0) is 19.1 Å². The van der Waals surface area contributed by atoms with Gasteiger partial charge in [-0.15, -0.1) is 0 Å². The zero-order chi connectivity index (χ0) is 13.2. The minimum absolute atomic E-state index is 0.206. The number of carbonyl (C=O) groups is 1. The molecule has 1 aromatic rings. The molecule has 96 valence electrons. The molecule has 0 atom stereocenters. The Bertz CT molecular complexity index is 581. The number of hydrogen-bond donors (Lipinski definition) is 1. The number of sulfone groups is 1. The highest BCUT2D eigenvalue weighted by molar-refractivity contribution is 7.91. The van der Waals surface area contributed by atoms with Gasteiger partial charge in [-0.3, -0.25) is 0 Å². The molecule has 0 fully saturated rings. The van der Waals surface area contributed by atoms with E-state index in [0.29, 0.717) is 5.71 Å². The van der Waals surface area contributed by atoms with Crippen LogP contribution in [0.5, 0.6) is 0 Å². The number of hydrazone groups is 1. The minimum atomic E-state index is -3.51. The molecule has 0 bridgehead atoms. The Hall–Kier alpha value is -1.89. The number of hydrogen-bond acceptors (Lipinski definition) is 4. The number of carbonyl (C=O) groups excluding carboxylic acids is 1. The lowest BCUT2D eigenvalue weighted by Crippen LogP contribution is -2.47. The first-order chi connectivity index (χ1) is 8.49. The molecule has 2 amide bonds. The van der Waals surface area contributed by atoms with Crippen molar-refractivity contribution in [3.8, 4) is 0 Å². The van der Waals surface area contributed by atoms with E-state index in [1.165, 1.54) is 17.0 Å². The van der Waals surface area contributed by atoms with Gasteiger partial charge in [0, 0.05) is 0 Å². The third-order valence-electron chi connectivity index (χ3n) is 2.48. The monoisotopic (exact) mass is 267 g/mol. The van der Waals surface area contributed by atoms with Crippen molar-refractivity contribution in [2.45, 2.75) is 11.8 Å². The van der Waals surface area contributed by atoms with E-state index in [2.05, 4.69) is 10.5 Å². The number of nitrogens with one attached hydrogen (secondary N) is 1. The molecule has 7 heteroatoms. The third kappa shape index (κ3) is 2.67. The molecule has 0 aliphatic carbocycles. The third-order valence-corrected chi connectivity index (χ3v) is 4.12. The van der Waals surface area contributed by atoms with Gasteiger partial charge < -0.3 is 4.90 Å². The molecular weight excluding hydrogens is 254 g/mol. The average Bonchev–Trinajstić information content (AvgIpc) is 2.35. The van der Waals surface area contributed by atoms with Crippen molar-refractivity contribution in [3.63, 3.8) is 0 Å². The maximum absolute atomic E-state index is 12.1. The topological polar surface area (TPSA) is 78.8 Å². The van der Waals surface area contributed by atoms with E-state index in [0.717, 1.165) is 0 Å². The van der Waals surface area contributed by atoms with Crippen LogP contribution in [0.1, 0.15) is 6.92 Å². The predicted molar refractivity (Wildman–Crippen MR) is 66.8 cm³/mol. The fourth-order valence-electron chi connectivity index (χ4n) is 1.61. The molecule has 1 N–H and O–H groups in total. The number of amides is 2. The Morgan fingerprint density at radius 1 is 1.33 bits per heavy atom. The van der Waals surface area contributed by atoms with Crippen LogP contribution < -0.4 is 5.43 Å². The zero-order valence-electron chi connectivity index (χ0n) is 9.83. The summed E-state index contributed by atoms with van der Waals surface area (Å²) in [6, 6.07) is 7.56. The van der Waals surface area contributed by atoms with Crippen LogP contribution in [0.3, 0.4) is 0 Å². The van der Waals surface area contributed by atoms with Gasteiger partial charge in [0.1, 0.15) is 5.88 Å². The number of nitrogens with zero attached hydrogens (tertiary/aromatic N) is 2. The number of benzene rings is 1. The molecule has 1 aromatic carbocycles. The van der Waals surface area contributed by atoms with Crippen molar-refractivity contribution in [1.82, 2.24) is 10.3 Å². The van der Waals surface area contributed by atoms with Crippen molar-refractivity contribution in [2.75, 3.05) is 12.4 Å². The van der Waals surface area contributed by atoms with Gasteiger partial charge in [-0.25, -0.2) is 18.6 Å². The molecule has 0 radical (unpaired) electrons. The van der Waals surface area contributed by atoms with Crippen LogP contribution in [-0.4, -0.2) is 37.5 Å². The van der Waals surface area contributed by atoms with Crippen LogP contribution in [-0.2, 0) is 9.84 Å². The van der Waals surface area contributed by atoms with E-state index in [1.807, 2.05) is 0 Å². The van der Waals surface area contributed by atoms with Crippen LogP contribution in [0.2, 0.25) is 0 Å². The Labute approximate surface area is 105 Å². The van der Waals surface area contributed by atoms with Gasteiger partial charge >= 0.3 is 6.03 Å². The van der Waals surface area contributed by atoms with E-state index >= 15 is 0 Å². The highest BCUT2D eigenvalue weighted by Crippen LogP contribution is 2.12. The molecule has 0 aromatic heterocycles. The molecule has 0 saturated carbocycles. The van der Waals surface area contributed by atoms with Crippen molar-refractivity contribution in [1.29, 1.82) is 0 Å². The SMILES string of the molecule is CC1=NNC(=O)N(CS(=O)(=O)c2ccccc2)C1. The fourth-order valence-corrected chi connectivity index (χ4v) is 2.95. The second-order valence-electron chi connectivity index (χ2n) is 4.02. The Kier molecular flexibility index (Phi) is 3.33. The molecule has 6 nitrogen and oxygen atoms in total. The van der Waals surface area contributed by atoms with E-state index in [9.17, 15) is 13.2 Å². The summed E-state index contributed by atoms with van der Waals surface area (Å²) >= 11 is 0. The second-order valence-corrected chi connectivity index (χ2v) is 5.98. The lowest BCUT2D eigenvalue weighted by atomic mass is 10.4. The first kappa shape index (κ1) is 12.6. The zero-order valence-corrected chi connectivity index (χ0v) is 10.6. The normalized spacial score (nSPS) is 16.2. The van der Waals surface area contributed by atoms with Crippen molar-refractivity contribution in [3.05, 3.63) is 30.3 Å². The van der Waals surface area contributed by atoms with E-state index in [4.69, 9.17) is 0 Å². The lowest BCUT2D eigenvalue weighted by Gasteiger charge is -2.25. The first-order valence-electron chi connectivity index (χ1n) is 5.35. The molecule has 0 saturated heterocycles. The summed E-state index contributed by atoms with van der Waals surface area (Å²) in [5.41, 5.74) is 2.93. The maximum atomic E-state index is 12.1. The second kappa shape index (κ2) is 4.77. The molecule has 1 heterocycles. The lowest BCUT2D eigenvalue weighted by molar-refractivity contribution is 0.209. The highest BCUT2D eigenvalue weighted by atomic mass is 32.2. The van der Waals surface area contributed by atoms with Crippen LogP contribution in [0.25, 0.3) is 0 Å². The van der Waals surface area contributed by atoms with Crippen LogP contribution in [0.15, 0.2) is 40.3 Å². The minimum Gasteiger partial charge on any atom is -0.303 e. The van der Waals surface area contributed by atoms with Gasteiger partial charge in [0.05, 0.1) is 17.2 Å². The van der Waals surface area contributed by atoms with Crippen molar-refractivity contribution in [2.24, 2.45) is 5.10 Å². The average molecular weight is 267 g/mol. The van der Waals surface area contributed by atoms with E-state index < -0.39 is 15.9 Å². The smallest absolute Gasteiger partial charge is 0.303 e.